The van der Waals surface area contributed by atoms with Gasteiger partial charge in [-0.25, -0.2) is 0 Å². The van der Waals surface area contributed by atoms with Crippen LogP contribution in [0.3, 0.4) is 0 Å². The van der Waals surface area contributed by atoms with Crippen molar-refractivity contribution in [2.75, 3.05) is 45.2 Å². The molecule has 6 nitrogen and oxygen atoms in total. The van der Waals surface area contributed by atoms with E-state index >= 15 is 0 Å². The Balaban J connectivity index is 1.70. The summed E-state index contributed by atoms with van der Waals surface area (Å²) in [6.45, 7) is 3.78. The van der Waals surface area contributed by atoms with Gasteiger partial charge in [0.2, 0.25) is 5.88 Å². The fourth-order valence-corrected chi connectivity index (χ4v) is 4.14. The van der Waals surface area contributed by atoms with Gasteiger partial charge in [-0.05, 0) is 45.5 Å². The fraction of sp³-hybridized carbons (Fsp3) is 0.385. The smallest absolute Gasteiger partial charge is 0.254 e. The summed E-state index contributed by atoms with van der Waals surface area (Å²) in [4.78, 5) is 19.8. The van der Waals surface area contributed by atoms with Crippen molar-refractivity contribution in [1.82, 2.24) is 15.0 Å². The number of amides is 1. The van der Waals surface area contributed by atoms with Gasteiger partial charge >= 0.3 is 0 Å². The number of hydrogen-bond donors (Lipinski definition) is 0. The minimum absolute atomic E-state index is 0.0252. The SMILES string of the molecule is CN(C)CCN(Cc1c(-c2ccccc2)noc1N1CCCCC1)C(=O)c1ccccc1. The predicted octanol–water partition coefficient (Wildman–Crippen LogP) is 4.54. The van der Waals surface area contributed by atoms with Crippen molar-refractivity contribution in [3.63, 3.8) is 0 Å². The molecule has 2 heterocycles. The molecule has 0 bridgehead atoms. The van der Waals surface area contributed by atoms with E-state index in [2.05, 4.69) is 15.0 Å². The second-order valence-corrected chi connectivity index (χ2v) is 8.62. The number of hydrogen-bond acceptors (Lipinski definition) is 5. The summed E-state index contributed by atoms with van der Waals surface area (Å²) in [5, 5.41) is 4.48. The van der Waals surface area contributed by atoms with E-state index in [1.807, 2.05) is 79.7 Å². The molecule has 2 aromatic carbocycles. The molecule has 1 saturated heterocycles. The summed E-state index contributed by atoms with van der Waals surface area (Å²) in [5.74, 6) is 0.830. The lowest BCUT2D eigenvalue weighted by molar-refractivity contribution is 0.0732. The average molecular weight is 433 g/mol. The molecule has 0 aliphatic carbocycles. The first-order valence-corrected chi connectivity index (χ1v) is 11.4. The zero-order valence-electron chi connectivity index (χ0n) is 19.0. The molecular weight excluding hydrogens is 400 g/mol. The van der Waals surface area contributed by atoms with Gasteiger partial charge < -0.3 is 19.2 Å². The maximum Gasteiger partial charge on any atom is 0.254 e. The third-order valence-corrected chi connectivity index (χ3v) is 5.93. The van der Waals surface area contributed by atoms with Crippen molar-refractivity contribution in [3.8, 4) is 11.3 Å². The van der Waals surface area contributed by atoms with Gasteiger partial charge in [-0.3, -0.25) is 4.79 Å². The summed E-state index contributed by atoms with van der Waals surface area (Å²) in [6, 6.07) is 19.6. The lowest BCUT2D eigenvalue weighted by Gasteiger charge is -2.29. The molecule has 0 saturated carbocycles. The second kappa shape index (κ2) is 10.5. The molecule has 6 heteroatoms. The van der Waals surface area contributed by atoms with Crippen LogP contribution >= 0.6 is 0 Å². The Morgan fingerprint density at radius 1 is 0.938 bits per heavy atom. The van der Waals surface area contributed by atoms with Crippen LogP contribution in [-0.2, 0) is 6.54 Å². The first-order valence-electron chi connectivity index (χ1n) is 11.4. The molecule has 4 rings (SSSR count). The highest BCUT2D eigenvalue weighted by atomic mass is 16.5. The molecule has 1 aliphatic heterocycles. The van der Waals surface area contributed by atoms with Gasteiger partial charge in [0.15, 0.2) is 0 Å². The van der Waals surface area contributed by atoms with Crippen LogP contribution in [0.2, 0.25) is 0 Å². The van der Waals surface area contributed by atoms with E-state index in [1.54, 1.807) is 0 Å². The van der Waals surface area contributed by atoms with Crippen LogP contribution in [0.15, 0.2) is 65.2 Å². The van der Waals surface area contributed by atoms with Gasteiger partial charge in [0.1, 0.15) is 5.69 Å². The number of benzene rings is 2. The minimum Gasteiger partial charge on any atom is -0.340 e. The third kappa shape index (κ3) is 5.19. The van der Waals surface area contributed by atoms with Gasteiger partial charge in [-0.1, -0.05) is 53.7 Å². The molecular formula is C26H32N4O2. The van der Waals surface area contributed by atoms with Crippen LogP contribution in [-0.4, -0.2) is 61.1 Å². The number of nitrogens with zero attached hydrogens (tertiary/aromatic N) is 4. The Bertz CT molecular complexity index is 995. The first-order chi connectivity index (χ1) is 15.6. The third-order valence-electron chi connectivity index (χ3n) is 5.93. The molecule has 1 aliphatic rings. The Morgan fingerprint density at radius 3 is 2.25 bits per heavy atom. The minimum atomic E-state index is 0.0252. The Morgan fingerprint density at radius 2 is 1.59 bits per heavy atom. The molecule has 1 aromatic heterocycles. The van der Waals surface area contributed by atoms with Crippen molar-refractivity contribution < 1.29 is 9.32 Å². The van der Waals surface area contributed by atoms with Crippen LogP contribution in [0.25, 0.3) is 11.3 Å². The molecule has 0 spiro atoms. The average Bonchev–Trinajstić information content (AvgIpc) is 3.26. The fourth-order valence-electron chi connectivity index (χ4n) is 4.14. The highest BCUT2D eigenvalue weighted by Crippen LogP contribution is 2.34. The first kappa shape index (κ1) is 22.1. The van der Waals surface area contributed by atoms with Crippen molar-refractivity contribution in [2.24, 2.45) is 0 Å². The quantitative estimate of drug-likeness (QED) is 0.523. The Hall–Kier alpha value is -3.12. The van der Waals surface area contributed by atoms with E-state index in [9.17, 15) is 4.79 Å². The van der Waals surface area contributed by atoms with E-state index in [0.29, 0.717) is 18.7 Å². The highest BCUT2D eigenvalue weighted by Gasteiger charge is 2.27. The van der Waals surface area contributed by atoms with Crippen LogP contribution < -0.4 is 4.90 Å². The molecule has 0 atom stereocenters. The zero-order valence-corrected chi connectivity index (χ0v) is 19.0. The summed E-state index contributed by atoms with van der Waals surface area (Å²) < 4.78 is 5.93. The van der Waals surface area contributed by atoms with Gasteiger partial charge in [0.25, 0.3) is 5.91 Å². The van der Waals surface area contributed by atoms with E-state index in [1.165, 1.54) is 6.42 Å². The molecule has 1 amide bonds. The van der Waals surface area contributed by atoms with E-state index in [-0.39, 0.29) is 5.91 Å². The van der Waals surface area contributed by atoms with Crippen molar-refractivity contribution >= 4 is 11.8 Å². The Kier molecular flexibility index (Phi) is 7.22. The van der Waals surface area contributed by atoms with Gasteiger partial charge in [-0.2, -0.15) is 0 Å². The second-order valence-electron chi connectivity index (χ2n) is 8.62. The van der Waals surface area contributed by atoms with Crippen molar-refractivity contribution in [2.45, 2.75) is 25.8 Å². The van der Waals surface area contributed by atoms with Crippen LogP contribution in [0.1, 0.15) is 35.2 Å². The van der Waals surface area contributed by atoms with Gasteiger partial charge in [0.05, 0.1) is 12.1 Å². The monoisotopic (exact) mass is 432 g/mol. The number of carbonyl (C=O) groups is 1. The van der Waals surface area contributed by atoms with Crippen LogP contribution in [0.4, 0.5) is 5.88 Å². The van der Waals surface area contributed by atoms with Crippen molar-refractivity contribution in [1.29, 1.82) is 0 Å². The number of rotatable bonds is 8. The summed E-state index contributed by atoms with van der Waals surface area (Å²) >= 11 is 0. The van der Waals surface area contributed by atoms with E-state index < -0.39 is 0 Å². The number of aromatic nitrogens is 1. The molecule has 0 radical (unpaired) electrons. The molecule has 0 N–H and O–H groups in total. The summed E-state index contributed by atoms with van der Waals surface area (Å²) in [7, 11) is 4.05. The maximum atomic E-state index is 13.5. The summed E-state index contributed by atoms with van der Waals surface area (Å²) in [5.41, 5.74) is 3.51. The molecule has 0 unspecified atom stereocenters. The van der Waals surface area contributed by atoms with E-state index in [0.717, 1.165) is 55.2 Å². The predicted molar refractivity (Wildman–Crippen MR) is 128 cm³/mol. The van der Waals surface area contributed by atoms with Gasteiger partial charge in [0, 0.05) is 37.3 Å². The molecule has 32 heavy (non-hydrogen) atoms. The number of likely N-dealkylation sites (N-methyl/N-ethyl adjacent to an activating group) is 1. The highest BCUT2D eigenvalue weighted by molar-refractivity contribution is 5.94. The van der Waals surface area contributed by atoms with Crippen molar-refractivity contribution in [3.05, 3.63) is 71.8 Å². The standard InChI is InChI=1S/C26H32N4O2/c1-28(2)18-19-30(25(31)22-14-8-4-9-15-22)20-23-24(21-12-6-3-7-13-21)27-32-26(23)29-16-10-5-11-17-29/h3-4,6-9,12-15H,5,10-11,16-20H2,1-2H3. The normalized spacial score (nSPS) is 14.0. The largest absolute Gasteiger partial charge is 0.340 e. The summed E-state index contributed by atoms with van der Waals surface area (Å²) in [6.07, 6.45) is 3.54. The molecule has 168 valence electrons. The number of carbonyl (C=O) groups excluding carboxylic acids is 1. The lowest BCUT2D eigenvalue weighted by atomic mass is 10.0. The number of anilines is 1. The zero-order chi connectivity index (χ0) is 22.3. The molecule has 1 fully saturated rings. The Labute approximate surface area is 190 Å². The van der Waals surface area contributed by atoms with E-state index in [4.69, 9.17) is 4.52 Å². The lowest BCUT2D eigenvalue weighted by Crippen LogP contribution is -2.37. The van der Waals surface area contributed by atoms with Crippen LogP contribution in [0, 0.1) is 0 Å². The maximum absolute atomic E-state index is 13.5. The topological polar surface area (TPSA) is 52.8 Å². The molecule has 3 aromatic rings. The van der Waals surface area contributed by atoms with Gasteiger partial charge in [-0.15, -0.1) is 0 Å². The van der Waals surface area contributed by atoms with Crippen LogP contribution in [0.5, 0.6) is 0 Å². The number of piperidine rings is 1.